The Bertz CT molecular complexity index is 61.5. The van der Waals surface area contributed by atoms with Gasteiger partial charge in [0.05, 0.1) is 0 Å². The van der Waals surface area contributed by atoms with Crippen LogP contribution in [0.3, 0.4) is 0 Å². The van der Waals surface area contributed by atoms with Gasteiger partial charge in [-0.15, -0.1) is 6.58 Å². The average molecular weight is 131 g/mol. The molecule has 0 aromatic rings. The molecular formula is C6H13NS. The third-order valence-electron chi connectivity index (χ3n) is 0.616. The highest BCUT2D eigenvalue weighted by Crippen LogP contribution is 1.99. The highest BCUT2D eigenvalue weighted by Gasteiger charge is 1.89. The molecule has 0 saturated carbocycles. The van der Waals surface area contributed by atoms with E-state index in [-0.39, 0.29) is 0 Å². The predicted molar refractivity (Wildman–Crippen MR) is 41.2 cm³/mol. The SMILES string of the molecule is C=CCSCC(C)N. The van der Waals surface area contributed by atoms with Gasteiger partial charge in [0.2, 0.25) is 0 Å². The Balaban J connectivity index is 2.81. The van der Waals surface area contributed by atoms with Crippen LogP contribution in [-0.2, 0) is 0 Å². The molecule has 8 heavy (non-hydrogen) atoms. The molecule has 1 atom stereocenters. The number of nitrogens with two attached hydrogens (primary N) is 1. The molecule has 0 bridgehead atoms. The molecule has 0 amide bonds. The molecule has 48 valence electrons. The maximum atomic E-state index is 5.48. The van der Waals surface area contributed by atoms with Gasteiger partial charge < -0.3 is 5.73 Å². The number of rotatable bonds is 4. The van der Waals surface area contributed by atoms with E-state index in [0.717, 1.165) is 11.5 Å². The summed E-state index contributed by atoms with van der Waals surface area (Å²) in [6.07, 6.45) is 1.90. The molecule has 0 radical (unpaired) electrons. The van der Waals surface area contributed by atoms with Crippen LogP contribution < -0.4 is 5.73 Å². The van der Waals surface area contributed by atoms with Crippen molar-refractivity contribution in [3.63, 3.8) is 0 Å². The van der Waals surface area contributed by atoms with Gasteiger partial charge in [-0.05, 0) is 6.92 Å². The predicted octanol–water partition coefficient (Wildman–Crippen LogP) is 1.25. The van der Waals surface area contributed by atoms with Gasteiger partial charge in [0.15, 0.2) is 0 Å². The zero-order valence-corrected chi connectivity index (χ0v) is 6.08. The summed E-state index contributed by atoms with van der Waals surface area (Å²) >= 11 is 1.82. The lowest BCUT2D eigenvalue weighted by Crippen LogP contribution is -2.17. The average Bonchev–Trinajstić information content (AvgIpc) is 1.66. The highest BCUT2D eigenvalue weighted by atomic mass is 32.2. The van der Waals surface area contributed by atoms with E-state index in [2.05, 4.69) is 6.58 Å². The summed E-state index contributed by atoms with van der Waals surface area (Å²) in [4.78, 5) is 0. The molecular weight excluding hydrogens is 118 g/mol. The molecule has 0 spiro atoms. The Labute approximate surface area is 55.3 Å². The minimum absolute atomic E-state index is 0.319. The molecule has 1 nitrogen and oxygen atoms in total. The summed E-state index contributed by atoms with van der Waals surface area (Å²) in [5, 5.41) is 0. The topological polar surface area (TPSA) is 26.0 Å². The van der Waals surface area contributed by atoms with E-state index in [1.807, 2.05) is 24.8 Å². The Hall–Kier alpha value is 0.0500. The second-order valence-electron chi connectivity index (χ2n) is 1.80. The lowest BCUT2D eigenvalue weighted by molar-refractivity contribution is 0.848. The van der Waals surface area contributed by atoms with E-state index in [4.69, 9.17) is 5.73 Å². The van der Waals surface area contributed by atoms with Crippen molar-refractivity contribution in [1.29, 1.82) is 0 Å². The highest BCUT2D eigenvalue weighted by molar-refractivity contribution is 7.99. The summed E-state index contributed by atoms with van der Waals surface area (Å²) in [6, 6.07) is 0.319. The second-order valence-corrected chi connectivity index (χ2v) is 2.88. The lowest BCUT2D eigenvalue weighted by Gasteiger charge is -2.00. The van der Waals surface area contributed by atoms with Crippen LogP contribution in [0.1, 0.15) is 6.92 Å². The summed E-state index contributed by atoms with van der Waals surface area (Å²) in [6.45, 7) is 5.61. The molecule has 1 unspecified atom stereocenters. The largest absolute Gasteiger partial charge is 0.327 e. The first-order chi connectivity index (χ1) is 3.77. The molecule has 2 heteroatoms. The number of hydrogen-bond donors (Lipinski definition) is 1. The monoisotopic (exact) mass is 131 g/mol. The van der Waals surface area contributed by atoms with Crippen LogP contribution in [0.5, 0.6) is 0 Å². The zero-order chi connectivity index (χ0) is 6.41. The van der Waals surface area contributed by atoms with E-state index >= 15 is 0 Å². The lowest BCUT2D eigenvalue weighted by atomic mass is 10.4. The molecule has 0 aliphatic carbocycles. The molecule has 0 aliphatic heterocycles. The van der Waals surface area contributed by atoms with Crippen LogP contribution in [0.15, 0.2) is 12.7 Å². The van der Waals surface area contributed by atoms with Crippen molar-refractivity contribution in [2.45, 2.75) is 13.0 Å². The summed E-state index contributed by atoms with van der Waals surface area (Å²) < 4.78 is 0. The van der Waals surface area contributed by atoms with E-state index in [0.29, 0.717) is 6.04 Å². The molecule has 0 rings (SSSR count). The van der Waals surface area contributed by atoms with Crippen LogP contribution >= 0.6 is 11.8 Å². The van der Waals surface area contributed by atoms with Crippen molar-refractivity contribution in [2.75, 3.05) is 11.5 Å². The number of hydrogen-bond acceptors (Lipinski definition) is 2. The van der Waals surface area contributed by atoms with Crippen LogP contribution in [0.2, 0.25) is 0 Å². The van der Waals surface area contributed by atoms with Gasteiger partial charge in [-0.2, -0.15) is 11.8 Å². The second kappa shape index (κ2) is 5.19. The summed E-state index contributed by atoms with van der Waals surface area (Å²) in [5.74, 6) is 2.05. The minimum atomic E-state index is 0.319. The third-order valence-corrected chi connectivity index (χ3v) is 1.85. The van der Waals surface area contributed by atoms with Crippen molar-refractivity contribution in [3.05, 3.63) is 12.7 Å². The Morgan fingerprint density at radius 2 is 2.50 bits per heavy atom. The maximum Gasteiger partial charge on any atom is 0.0111 e. The quantitative estimate of drug-likeness (QED) is 0.459. The first-order valence-corrected chi connectivity index (χ1v) is 3.87. The summed E-state index contributed by atoms with van der Waals surface area (Å²) in [7, 11) is 0. The van der Waals surface area contributed by atoms with Gasteiger partial charge in [0.1, 0.15) is 0 Å². The van der Waals surface area contributed by atoms with Gasteiger partial charge >= 0.3 is 0 Å². The molecule has 0 aliphatic rings. The Morgan fingerprint density at radius 1 is 1.88 bits per heavy atom. The van der Waals surface area contributed by atoms with E-state index in [1.54, 1.807) is 0 Å². The van der Waals surface area contributed by atoms with E-state index in [9.17, 15) is 0 Å². The first kappa shape index (κ1) is 8.05. The van der Waals surface area contributed by atoms with Gasteiger partial charge in [0.25, 0.3) is 0 Å². The summed E-state index contributed by atoms with van der Waals surface area (Å²) in [5.41, 5.74) is 5.48. The smallest absolute Gasteiger partial charge is 0.0111 e. The van der Waals surface area contributed by atoms with E-state index in [1.165, 1.54) is 0 Å². The van der Waals surface area contributed by atoms with Crippen molar-refractivity contribution in [3.8, 4) is 0 Å². The minimum Gasteiger partial charge on any atom is -0.327 e. The molecule has 0 fully saturated rings. The normalized spacial score (nSPS) is 13.2. The van der Waals surface area contributed by atoms with Crippen molar-refractivity contribution in [1.82, 2.24) is 0 Å². The van der Waals surface area contributed by atoms with Crippen LogP contribution in [0, 0.1) is 0 Å². The molecule has 2 N–H and O–H groups in total. The molecule has 0 aromatic heterocycles. The van der Waals surface area contributed by atoms with Crippen molar-refractivity contribution in [2.24, 2.45) is 5.73 Å². The van der Waals surface area contributed by atoms with Gasteiger partial charge in [0, 0.05) is 17.5 Å². The van der Waals surface area contributed by atoms with Crippen molar-refractivity contribution >= 4 is 11.8 Å². The van der Waals surface area contributed by atoms with Gasteiger partial charge in [-0.25, -0.2) is 0 Å². The third kappa shape index (κ3) is 6.05. The molecule has 0 heterocycles. The van der Waals surface area contributed by atoms with Crippen LogP contribution in [-0.4, -0.2) is 17.5 Å². The van der Waals surface area contributed by atoms with Crippen LogP contribution in [0.25, 0.3) is 0 Å². The molecule has 0 aromatic carbocycles. The molecule has 0 saturated heterocycles. The maximum absolute atomic E-state index is 5.48. The zero-order valence-electron chi connectivity index (χ0n) is 5.26. The fourth-order valence-corrected chi connectivity index (χ4v) is 1.01. The fraction of sp³-hybridized carbons (Fsp3) is 0.667. The van der Waals surface area contributed by atoms with Crippen LogP contribution in [0.4, 0.5) is 0 Å². The standard InChI is InChI=1S/C6H13NS/c1-3-4-8-5-6(2)7/h3,6H,1,4-5,7H2,2H3. The van der Waals surface area contributed by atoms with Gasteiger partial charge in [-0.1, -0.05) is 6.08 Å². The first-order valence-electron chi connectivity index (χ1n) is 2.71. The van der Waals surface area contributed by atoms with E-state index < -0.39 is 0 Å². The Morgan fingerprint density at radius 3 is 2.88 bits per heavy atom. The fourth-order valence-electron chi connectivity index (χ4n) is 0.337. The number of thioether (sulfide) groups is 1. The Kier molecular flexibility index (Phi) is 5.22. The van der Waals surface area contributed by atoms with Gasteiger partial charge in [-0.3, -0.25) is 0 Å². The van der Waals surface area contributed by atoms with Crippen molar-refractivity contribution < 1.29 is 0 Å².